The van der Waals surface area contributed by atoms with Crippen LogP contribution in [0.2, 0.25) is 0 Å². The summed E-state index contributed by atoms with van der Waals surface area (Å²) in [5.41, 5.74) is 2.05. The van der Waals surface area contributed by atoms with Crippen molar-refractivity contribution in [3.63, 3.8) is 0 Å². The molecule has 1 heterocycles. The third kappa shape index (κ3) is 3.94. The van der Waals surface area contributed by atoms with Crippen LogP contribution >= 0.6 is 0 Å². The van der Waals surface area contributed by atoms with E-state index in [-0.39, 0.29) is 42.0 Å². The molecule has 0 bridgehead atoms. The Kier molecular flexibility index (Phi) is 7.19. The Bertz CT molecular complexity index is 551. The third-order valence-electron chi connectivity index (χ3n) is 3.70. The van der Waals surface area contributed by atoms with Gasteiger partial charge in [0, 0.05) is 26.2 Å². The van der Waals surface area contributed by atoms with Crippen molar-refractivity contribution in [3.8, 4) is 0 Å². The summed E-state index contributed by atoms with van der Waals surface area (Å²) in [4.78, 5) is 27.1. The zero-order valence-electron chi connectivity index (χ0n) is 13.4. The first-order valence-electron chi connectivity index (χ1n) is 7.19. The zero-order chi connectivity index (χ0) is 15.4. The van der Waals surface area contributed by atoms with Crippen LogP contribution < -0.4 is 44.9 Å². The van der Waals surface area contributed by atoms with Gasteiger partial charge in [-0.3, -0.25) is 4.79 Å². The van der Waals surface area contributed by atoms with Crippen molar-refractivity contribution in [2.45, 2.75) is 13.8 Å². The molecule has 0 aromatic heterocycles. The Morgan fingerprint density at radius 1 is 1.23 bits per heavy atom. The second-order valence-corrected chi connectivity index (χ2v) is 4.89. The van der Waals surface area contributed by atoms with Gasteiger partial charge in [-0.05, 0) is 26.0 Å². The summed E-state index contributed by atoms with van der Waals surface area (Å²) in [6.07, 6.45) is 0. The minimum Gasteiger partial charge on any atom is -0.548 e. The molecular weight excluding hydrogens is 293 g/mol. The molecule has 0 radical (unpaired) electrons. The van der Waals surface area contributed by atoms with Crippen LogP contribution in [0.1, 0.15) is 24.2 Å². The van der Waals surface area contributed by atoms with E-state index in [1.54, 1.807) is 23.1 Å². The number of rotatable bonds is 5. The van der Waals surface area contributed by atoms with E-state index in [4.69, 9.17) is 0 Å². The molecule has 7 heteroatoms. The minimum absolute atomic E-state index is 0. The van der Waals surface area contributed by atoms with Crippen molar-refractivity contribution < 1.29 is 44.3 Å². The number of para-hydroxylation sites is 1. The largest absolute Gasteiger partial charge is 1.00 e. The smallest absolute Gasteiger partial charge is 0.548 e. The van der Waals surface area contributed by atoms with E-state index in [0.29, 0.717) is 24.3 Å². The molecule has 0 fully saturated rings. The number of likely N-dealkylation sites (N-methyl/N-ethyl adjacent to an activating group) is 2. The molecule has 114 valence electrons. The van der Waals surface area contributed by atoms with Crippen LogP contribution in [-0.4, -0.2) is 49.5 Å². The summed E-state index contributed by atoms with van der Waals surface area (Å²) in [5, 5.41) is 13.5. The standard InChI is InChI=1S/C15H21N3O3.Na/c1-3-17-8-9-18(4-2)15(21)11-6-5-7-12(14(11)17)16-10-13(19)20;/h5-7,16H,3-4,8-10H2,1-2H3,(H,19,20);/q;+1/p-1. The van der Waals surface area contributed by atoms with Crippen molar-refractivity contribution in [1.82, 2.24) is 4.90 Å². The first kappa shape index (κ1) is 18.8. The van der Waals surface area contributed by atoms with Gasteiger partial charge in [-0.25, -0.2) is 0 Å². The summed E-state index contributed by atoms with van der Waals surface area (Å²) >= 11 is 0. The summed E-state index contributed by atoms with van der Waals surface area (Å²) in [6, 6.07) is 5.35. The Labute approximate surface area is 152 Å². The van der Waals surface area contributed by atoms with Crippen molar-refractivity contribution in [1.29, 1.82) is 0 Å². The molecule has 0 saturated carbocycles. The van der Waals surface area contributed by atoms with Crippen LogP contribution in [0, 0.1) is 0 Å². The third-order valence-corrected chi connectivity index (χ3v) is 3.70. The van der Waals surface area contributed by atoms with Gasteiger partial charge in [0.25, 0.3) is 5.91 Å². The van der Waals surface area contributed by atoms with E-state index >= 15 is 0 Å². The number of carboxylic acid groups (broad SMARTS) is 1. The fourth-order valence-electron chi connectivity index (χ4n) is 2.61. The van der Waals surface area contributed by atoms with Crippen LogP contribution in [0.5, 0.6) is 0 Å². The number of hydrogen-bond donors (Lipinski definition) is 1. The number of carbonyl (C=O) groups is 2. The number of fused-ring (bicyclic) bond motifs is 1. The Morgan fingerprint density at radius 2 is 1.86 bits per heavy atom. The summed E-state index contributed by atoms with van der Waals surface area (Å²) in [7, 11) is 0. The molecule has 0 aliphatic carbocycles. The second kappa shape index (κ2) is 8.41. The van der Waals surface area contributed by atoms with Crippen LogP contribution in [0.3, 0.4) is 0 Å². The van der Waals surface area contributed by atoms with Gasteiger partial charge in [0.2, 0.25) is 0 Å². The number of carbonyl (C=O) groups excluding carboxylic acids is 2. The quantitative estimate of drug-likeness (QED) is 0.593. The van der Waals surface area contributed by atoms with Gasteiger partial charge < -0.3 is 25.0 Å². The van der Waals surface area contributed by atoms with Gasteiger partial charge in [0.05, 0.1) is 29.5 Å². The van der Waals surface area contributed by atoms with Crippen molar-refractivity contribution >= 4 is 23.3 Å². The average molecular weight is 313 g/mol. The van der Waals surface area contributed by atoms with Crippen LogP contribution in [0.25, 0.3) is 0 Å². The molecule has 0 spiro atoms. The van der Waals surface area contributed by atoms with E-state index in [1.165, 1.54) is 0 Å². The number of hydrogen-bond acceptors (Lipinski definition) is 5. The predicted octanol–water partition coefficient (Wildman–Crippen LogP) is -2.85. The normalized spacial score (nSPS) is 14.0. The molecule has 6 nitrogen and oxygen atoms in total. The molecule has 1 aromatic carbocycles. The van der Waals surface area contributed by atoms with Crippen molar-refractivity contribution in [3.05, 3.63) is 23.8 Å². The van der Waals surface area contributed by atoms with Gasteiger partial charge in [0.15, 0.2) is 0 Å². The number of anilines is 2. The second-order valence-electron chi connectivity index (χ2n) is 4.89. The van der Waals surface area contributed by atoms with Gasteiger partial charge in [0.1, 0.15) is 0 Å². The van der Waals surface area contributed by atoms with E-state index in [9.17, 15) is 14.7 Å². The first-order valence-corrected chi connectivity index (χ1v) is 7.19. The van der Waals surface area contributed by atoms with E-state index in [0.717, 1.165) is 18.8 Å². The maximum absolute atomic E-state index is 12.6. The first-order chi connectivity index (χ1) is 10.1. The molecule has 1 aliphatic rings. The van der Waals surface area contributed by atoms with E-state index < -0.39 is 5.97 Å². The number of amides is 1. The van der Waals surface area contributed by atoms with Crippen molar-refractivity contribution in [2.24, 2.45) is 0 Å². The predicted molar refractivity (Wildman–Crippen MR) is 79.4 cm³/mol. The van der Waals surface area contributed by atoms with Gasteiger partial charge >= 0.3 is 29.6 Å². The molecule has 1 amide bonds. The summed E-state index contributed by atoms with van der Waals surface area (Å²) in [5.74, 6) is -1.19. The Hall–Kier alpha value is -1.24. The minimum atomic E-state index is -1.18. The zero-order valence-corrected chi connectivity index (χ0v) is 15.4. The number of nitrogens with zero attached hydrogens (tertiary/aromatic N) is 2. The molecular formula is C15H20N3NaO3. The number of benzene rings is 1. The maximum Gasteiger partial charge on any atom is 1.00 e. The van der Waals surface area contributed by atoms with Crippen LogP contribution in [-0.2, 0) is 4.79 Å². The summed E-state index contributed by atoms with van der Waals surface area (Å²) in [6.45, 7) is 6.50. The SMILES string of the molecule is CCN1CCN(CC)c2c(NCC(=O)[O-])cccc2C1=O.[Na+]. The van der Waals surface area contributed by atoms with Gasteiger partial charge in [-0.2, -0.15) is 0 Å². The fraction of sp³-hybridized carbons (Fsp3) is 0.467. The number of nitrogens with one attached hydrogen (secondary N) is 1. The van der Waals surface area contributed by atoms with E-state index in [1.807, 2.05) is 13.8 Å². The van der Waals surface area contributed by atoms with Gasteiger partial charge in [-0.1, -0.05) is 6.07 Å². The Balaban J connectivity index is 0.00000242. The molecule has 1 N–H and O–H groups in total. The fourth-order valence-corrected chi connectivity index (χ4v) is 2.61. The molecule has 1 aliphatic heterocycles. The molecule has 1 aromatic rings. The molecule has 22 heavy (non-hydrogen) atoms. The van der Waals surface area contributed by atoms with Crippen LogP contribution in [0.15, 0.2) is 18.2 Å². The van der Waals surface area contributed by atoms with E-state index in [2.05, 4.69) is 10.2 Å². The monoisotopic (exact) mass is 313 g/mol. The van der Waals surface area contributed by atoms with Crippen LogP contribution in [0.4, 0.5) is 11.4 Å². The number of aliphatic carboxylic acids is 1. The van der Waals surface area contributed by atoms with Gasteiger partial charge in [-0.15, -0.1) is 0 Å². The Morgan fingerprint density at radius 3 is 2.45 bits per heavy atom. The molecule has 0 unspecified atom stereocenters. The number of carboxylic acids is 1. The van der Waals surface area contributed by atoms with Crippen molar-refractivity contribution in [2.75, 3.05) is 42.9 Å². The maximum atomic E-state index is 12.6. The average Bonchev–Trinajstić information content (AvgIpc) is 2.62. The molecule has 0 saturated heterocycles. The topological polar surface area (TPSA) is 75.7 Å². The molecule has 2 rings (SSSR count). The summed E-state index contributed by atoms with van der Waals surface area (Å²) < 4.78 is 0. The molecule has 0 atom stereocenters.